The summed E-state index contributed by atoms with van der Waals surface area (Å²) in [6, 6.07) is 10.7. The highest BCUT2D eigenvalue weighted by Crippen LogP contribution is 2.07. The predicted molar refractivity (Wildman–Crippen MR) is 79.3 cm³/mol. The van der Waals surface area contributed by atoms with Gasteiger partial charge in [0.2, 0.25) is 0 Å². The number of hydrogen-bond acceptors (Lipinski definition) is 3. The quantitative estimate of drug-likeness (QED) is 0.795. The van der Waals surface area contributed by atoms with Gasteiger partial charge in [-0.2, -0.15) is 0 Å². The van der Waals surface area contributed by atoms with Crippen LogP contribution in [0.1, 0.15) is 33.3 Å². The molecule has 108 valence electrons. The third-order valence-corrected chi connectivity index (χ3v) is 2.80. The standard InChI is InChI=1S/C16H27NO2/c1-13(10-14-8-6-5-7-9-14)17-11-15(18)12-19-16(2,3)4/h5-9,13,15,17-18H,10-12H2,1-4H3. The molecule has 3 heteroatoms. The van der Waals surface area contributed by atoms with Crippen LogP contribution in [-0.4, -0.2) is 36.0 Å². The molecule has 0 fully saturated rings. The second-order valence-electron chi connectivity index (χ2n) is 6.08. The Morgan fingerprint density at radius 1 is 1.21 bits per heavy atom. The van der Waals surface area contributed by atoms with E-state index in [2.05, 4.69) is 24.4 Å². The molecule has 0 aliphatic rings. The minimum atomic E-state index is -0.461. The Hall–Kier alpha value is -0.900. The summed E-state index contributed by atoms with van der Waals surface area (Å²) in [7, 11) is 0. The van der Waals surface area contributed by atoms with Crippen molar-refractivity contribution in [1.29, 1.82) is 0 Å². The summed E-state index contributed by atoms with van der Waals surface area (Å²) < 4.78 is 5.55. The van der Waals surface area contributed by atoms with Crippen molar-refractivity contribution in [3.63, 3.8) is 0 Å². The normalized spacial score (nSPS) is 15.2. The summed E-state index contributed by atoms with van der Waals surface area (Å²) in [4.78, 5) is 0. The Morgan fingerprint density at radius 2 is 1.84 bits per heavy atom. The van der Waals surface area contributed by atoms with Gasteiger partial charge in [0.05, 0.1) is 18.3 Å². The lowest BCUT2D eigenvalue weighted by molar-refractivity contribution is -0.0482. The number of hydrogen-bond donors (Lipinski definition) is 2. The van der Waals surface area contributed by atoms with Crippen molar-refractivity contribution < 1.29 is 9.84 Å². The average Bonchev–Trinajstić information content (AvgIpc) is 2.34. The van der Waals surface area contributed by atoms with E-state index in [0.717, 1.165) is 6.42 Å². The molecule has 0 heterocycles. The predicted octanol–water partition coefficient (Wildman–Crippen LogP) is 2.38. The molecule has 0 aliphatic carbocycles. The number of benzene rings is 1. The SMILES string of the molecule is CC(Cc1ccccc1)NCC(O)COC(C)(C)C. The lowest BCUT2D eigenvalue weighted by atomic mass is 10.1. The van der Waals surface area contributed by atoms with E-state index in [0.29, 0.717) is 19.2 Å². The number of ether oxygens (including phenoxy) is 1. The van der Waals surface area contributed by atoms with Gasteiger partial charge < -0.3 is 15.2 Å². The zero-order valence-corrected chi connectivity index (χ0v) is 12.5. The minimum Gasteiger partial charge on any atom is -0.389 e. The first-order valence-electron chi connectivity index (χ1n) is 6.96. The molecule has 0 aliphatic heterocycles. The Labute approximate surface area is 117 Å². The van der Waals surface area contributed by atoms with Crippen LogP contribution in [0.4, 0.5) is 0 Å². The highest BCUT2D eigenvalue weighted by molar-refractivity contribution is 5.15. The number of rotatable bonds is 7. The van der Waals surface area contributed by atoms with Crippen molar-refractivity contribution in [3.05, 3.63) is 35.9 Å². The van der Waals surface area contributed by atoms with E-state index in [4.69, 9.17) is 4.74 Å². The Morgan fingerprint density at radius 3 is 2.42 bits per heavy atom. The molecule has 1 aromatic carbocycles. The second-order valence-corrected chi connectivity index (χ2v) is 6.08. The number of nitrogens with one attached hydrogen (secondary N) is 1. The molecule has 3 nitrogen and oxygen atoms in total. The van der Waals surface area contributed by atoms with Gasteiger partial charge in [0.25, 0.3) is 0 Å². The summed E-state index contributed by atoms with van der Waals surface area (Å²) >= 11 is 0. The molecule has 0 spiro atoms. The largest absolute Gasteiger partial charge is 0.389 e. The van der Waals surface area contributed by atoms with E-state index < -0.39 is 6.10 Å². The van der Waals surface area contributed by atoms with Crippen LogP contribution in [0.25, 0.3) is 0 Å². The van der Waals surface area contributed by atoms with E-state index >= 15 is 0 Å². The van der Waals surface area contributed by atoms with Crippen LogP contribution in [0.15, 0.2) is 30.3 Å². The lowest BCUT2D eigenvalue weighted by Crippen LogP contribution is -2.38. The fraction of sp³-hybridized carbons (Fsp3) is 0.625. The molecule has 0 radical (unpaired) electrons. The summed E-state index contributed by atoms with van der Waals surface area (Å²) in [6.07, 6.45) is 0.505. The summed E-state index contributed by atoms with van der Waals surface area (Å²) in [6.45, 7) is 9.03. The lowest BCUT2D eigenvalue weighted by Gasteiger charge is -2.23. The highest BCUT2D eigenvalue weighted by atomic mass is 16.5. The molecular formula is C16H27NO2. The van der Waals surface area contributed by atoms with E-state index in [1.807, 2.05) is 39.0 Å². The van der Waals surface area contributed by atoms with E-state index in [1.165, 1.54) is 5.56 Å². The maximum atomic E-state index is 9.84. The van der Waals surface area contributed by atoms with Crippen molar-refractivity contribution in [1.82, 2.24) is 5.32 Å². The van der Waals surface area contributed by atoms with E-state index in [1.54, 1.807) is 0 Å². The van der Waals surface area contributed by atoms with Gasteiger partial charge in [0.1, 0.15) is 0 Å². The smallest absolute Gasteiger partial charge is 0.0898 e. The van der Waals surface area contributed by atoms with Crippen molar-refractivity contribution in [2.45, 2.75) is 51.9 Å². The molecule has 2 unspecified atom stereocenters. The Balaban J connectivity index is 2.21. The number of aliphatic hydroxyl groups is 1. The first-order valence-corrected chi connectivity index (χ1v) is 6.96. The molecule has 0 saturated heterocycles. The monoisotopic (exact) mass is 265 g/mol. The van der Waals surface area contributed by atoms with Crippen LogP contribution in [0.3, 0.4) is 0 Å². The second kappa shape index (κ2) is 7.63. The van der Waals surface area contributed by atoms with Crippen molar-refractivity contribution in [3.8, 4) is 0 Å². The van der Waals surface area contributed by atoms with Crippen LogP contribution in [0.5, 0.6) is 0 Å². The third-order valence-electron chi connectivity index (χ3n) is 2.80. The summed E-state index contributed by atoms with van der Waals surface area (Å²) in [5.41, 5.74) is 1.11. The van der Waals surface area contributed by atoms with Crippen molar-refractivity contribution in [2.24, 2.45) is 0 Å². The third kappa shape index (κ3) is 7.98. The fourth-order valence-corrected chi connectivity index (χ4v) is 1.78. The molecule has 0 bridgehead atoms. The van der Waals surface area contributed by atoms with Gasteiger partial charge in [-0.25, -0.2) is 0 Å². The molecule has 0 amide bonds. The van der Waals surface area contributed by atoms with E-state index in [-0.39, 0.29) is 5.60 Å². The van der Waals surface area contributed by atoms with Crippen molar-refractivity contribution >= 4 is 0 Å². The number of aliphatic hydroxyl groups excluding tert-OH is 1. The Bertz CT molecular complexity index is 346. The Kier molecular flexibility index (Phi) is 6.49. The first-order chi connectivity index (χ1) is 8.87. The van der Waals surface area contributed by atoms with Gasteiger partial charge in [-0.3, -0.25) is 0 Å². The molecule has 1 rings (SSSR count). The van der Waals surface area contributed by atoms with Gasteiger partial charge in [-0.15, -0.1) is 0 Å². The average molecular weight is 265 g/mol. The molecular weight excluding hydrogens is 238 g/mol. The van der Waals surface area contributed by atoms with Crippen LogP contribution < -0.4 is 5.32 Å². The summed E-state index contributed by atoms with van der Waals surface area (Å²) in [5, 5.41) is 13.2. The maximum Gasteiger partial charge on any atom is 0.0898 e. The molecule has 0 aromatic heterocycles. The molecule has 1 aromatic rings. The van der Waals surface area contributed by atoms with Gasteiger partial charge in [-0.05, 0) is 39.7 Å². The zero-order valence-electron chi connectivity index (χ0n) is 12.5. The topological polar surface area (TPSA) is 41.5 Å². The van der Waals surface area contributed by atoms with Gasteiger partial charge in [-0.1, -0.05) is 30.3 Å². The van der Waals surface area contributed by atoms with Crippen LogP contribution in [0, 0.1) is 0 Å². The van der Waals surface area contributed by atoms with Gasteiger partial charge in [0, 0.05) is 12.6 Å². The van der Waals surface area contributed by atoms with Crippen molar-refractivity contribution in [2.75, 3.05) is 13.2 Å². The maximum absolute atomic E-state index is 9.84. The fourth-order valence-electron chi connectivity index (χ4n) is 1.78. The van der Waals surface area contributed by atoms with E-state index in [9.17, 15) is 5.11 Å². The minimum absolute atomic E-state index is 0.198. The summed E-state index contributed by atoms with van der Waals surface area (Å²) in [5.74, 6) is 0. The van der Waals surface area contributed by atoms with Crippen LogP contribution >= 0.6 is 0 Å². The van der Waals surface area contributed by atoms with Gasteiger partial charge in [0.15, 0.2) is 0 Å². The molecule has 0 saturated carbocycles. The zero-order chi connectivity index (χ0) is 14.3. The molecule has 2 N–H and O–H groups in total. The highest BCUT2D eigenvalue weighted by Gasteiger charge is 2.14. The van der Waals surface area contributed by atoms with Crippen LogP contribution in [0.2, 0.25) is 0 Å². The molecule has 2 atom stereocenters. The first kappa shape index (κ1) is 16.2. The van der Waals surface area contributed by atoms with Gasteiger partial charge >= 0.3 is 0 Å². The molecule has 19 heavy (non-hydrogen) atoms. The van der Waals surface area contributed by atoms with Crippen LogP contribution in [-0.2, 0) is 11.2 Å².